The van der Waals surface area contributed by atoms with Gasteiger partial charge in [-0.25, -0.2) is 4.98 Å². The summed E-state index contributed by atoms with van der Waals surface area (Å²) in [5, 5.41) is 12.0. The van der Waals surface area contributed by atoms with Gasteiger partial charge in [0.25, 0.3) is 0 Å². The molecule has 0 saturated carbocycles. The second-order valence-electron chi connectivity index (χ2n) is 4.04. The fourth-order valence-corrected chi connectivity index (χ4v) is 1.67. The van der Waals surface area contributed by atoms with Crippen LogP contribution in [-0.4, -0.2) is 35.1 Å². The zero-order valence-electron chi connectivity index (χ0n) is 11.5. The Labute approximate surface area is 116 Å². The van der Waals surface area contributed by atoms with Gasteiger partial charge in [0, 0.05) is 24.4 Å². The average molecular weight is 273 g/mol. The van der Waals surface area contributed by atoms with Crippen molar-refractivity contribution in [2.45, 2.75) is 6.92 Å². The van der Waals surface area contributed by atoms with Crippen molar-refractivity contribution in [3.8, 4) is 22.9 Å². The molecule has 0 saturated heterocycles. The summed E-state index contributed by atoms with van der Waals surface area (Å²) < 4.78 is 10.4. The van der Waals surface area contributed by atoms with Gasteiger partial charge in [0.15, 0.2) is 0 Å². The summed E-state index contributed by atoms with van der Waals surface area (Å²) in [5.74, 6) is 1.30. The van der Waals surface area contributed by atoms with Crippen LogP contribution in [0.4, 0.5) is 0 Å². The van der Waals surface area contributed by atoms with Crippen LogP contribution in [0.2, 0.25) is 0 Å². The predicted molar refractivity (Wildman–Crippen MR) is 74.6 cm³/mol. The first-order valence-electron chi connectivity index (χ1n) is 5.93. The highest BCUT2D eigenvalue weighted by Gasteiger charge is 2.10. The summed E-state index contributed by atoms with van der Waals surface area (Å²) in [6.07, 6.45) is 1.64. The lowest BCUT2D eigenvalue weighted by Crippen LogP contribution is -2.02. The van der Waals surface area contributed by atoms with E-state index in [9.17, 15) is 0 Å². The second-order valence-corrected chi connectivity index (χ2v) is 4.04. The van der Waals surface area contributed by atoms with E-state index < -0.39 is 0 Å². The van der Waals surface area contributed by atoms with E-state index in [1.165, 1.54) is 0 Å². The Morgan fingerprint density at radius 1 is 1.10 bits per heavy atom. The van der Waals surface area contributed by atoms with Gasteiger partial charge in [-0.15, -0.1) is 0 Å². The number of rotatable bonds is 4. The molecule has 6 heteroatoms. The zero-order chi connectivity index (χ0) is 14.5. The summed E-state index contributed by atoms with van der Waals surface area (Å²) in [6.45, 7) is 1.66. The molecular weight excluding hydrogens is 258 g/mol. The molecule has 0 aliphatic heterocycles. The molecule has 6 nitrogen and oxygen atoms in total. The van der Waals surface area contributed by atoms with Gasteiger partial charge >= 0.3 is 0 Å². The third kappa shape index (κ3) is 2.85. The van der Waals surface area contributed by atoms with E-state index in [2.05, 4.69) is 15.1 Å². The van der Waals surface area contributed by atoms with Crippen LogP contribution in [0.25, 0.3) is 11.4 Å². The number of hydrogen-bond acceptors (Lipinski definition) is 6. The van der Waals surface area contributed by atoms with E-state index >= 15 is 0 Å². The standard InChI is InChI=1S/C14H15N3O3/c1-9(17-18)12-7-11(20-3)8-14(16-12)13-6-10(19-2)4-5-15-13/h4-8,18H,1-3H3/b17-9-. The van der Waals surface area contributed by atoms with E-state index in [1.54, 1.807) is 51.6 Å². The molecule has 0 atom stereocenters. The maximum Gasteiger partial charge on any atom is 0.123 e. The van der Waals surface area contributed by atoms with Crippen molar-refractivity contribution in [2.75, 3.05) is 14.2 Å². The highest BCUT2D eigenvalue weighted by atomic mass is 16.5. The van der Waals surface area contributed by atoms with E-state index in [0.29, 0.717) is 34.3 Å². The molecule has 0 radical (unpaired) electrons. The second kappa shape index (κ2) is 6.01. The van der Waals surface area contributed by atoms with Gasteiger partial charge in [0.05, 0.1) is 31.3 Å². The minimum Gasteiger partial charge on any atom is -0.497 e. The molecule has 0 aliphatic carbocycles. The molecule has 2 aromatic rings. The van der Waals surface area contributed by atoms with Crippen LogP contribution in [0.3, 0.4) is 0 Å². The van der Waals surface area contributed by atoms with Crippen LogP contribution in [0, 0.1) is 0 Å². The van der Waals surface area contributed by atoms with Crippen molar-refractivity contribution in [3.63, 3.8) is 0 Å². The molecule has 2 heterocycles. The number of aromatic nitrogens is 2. The molecule has 0 amide bonds. The monoisotopic (exact) mass is 273 g/mol. The van der Waals surface area contributed by atoms with Gasteiger partial charge in [-0.2, -0.15) is 0 Å². The molecule has 2 rings (SSSR count). The summed E-state index contributed by atoms with van der Waals surface area (Å²) in [5.41, 5.74) is 2.18. The number of nitrogens with zero attached hydrogens (tertiary/aromatic N) is 3. The van der Waals surface area contributed by atoms with E-state index in [0.717, 1.165) is 0 Å². The van der Waals surface area contributed by atoms with E-state index in [-0.39, 0.29) is 0 Å². The van der Waals surface area contributed by atoms with Gasteiger partial charge in [-0.3, -0.25) is 4.98 Å². The summed E-state index contributed by atoms with van der Waals surface area (Å²) in [7, 11) is 3.15. The van der Waals surface area contributed by atoms with Gasteiger partial charge < -0.3 is 14.7 Å². The number of hydrogen-bond donors (Lipinski definition) is 1. The largest absolute Gasteiger partial charge is 0.497 e. The first-order chi connectivity index (χ1) is 9.67. The lowest BCUT2D eigenvalue weighted by atomic mass is 10.2. The molecule has 0 aromatic carbocycles. The van der Waals surface area contributed by atoms with Gasteiger partial charge in [-0.1, -0.05) is 5.16 Å². The van der Waals surface area contributed by atoms with Crippen molar-refractivity contribution >= 4 is 5.71 Å². The van der Waals surface area contributed by atoms with Crippen LogP contribution in [0.15, 0.2) is 35.6 Å². The minimum atomic E-state index is 0.396. The van der Waals surface area contributed by atoms with Crippen molar-refractivity contribution in [3.05, 3.63) is 36.2 Å². The van der Waals surface area contributed by atoms with Crippen molar-refractivity contribution in [1.82, 2.24) is 9.97 Å². The maximum absolute atomic E-state index is 8.87. The van der Waals surface area contributed by atoms with E-state index in [1.807, 2.05) is 0 Å². The van der Waals surface area contributed by atoms with Crippen LogP contribution >= 0.6 is 0 Å². The Balaban J connectivity index is 2.55. The number of methoxy groups -OCH3 is 2. The lowest BCUT2D eigenvalue weighted by molar-refractivity contribution is 0.319. The Bertz CT molecular complexity index is 641. The third-order valence-corrected chi connectivity index (χ3v) is 2.78. The summed E-state index contributed by atoms with van der Waals surface area (Å²) in [4.78, 5) is 8.67. The molecule has 2 aromatic heterocycles. The predicted octanol–water partition coefficient (Wildman–Crippen LogP) is 2.36. The number of pyridine rings is 2. The molecule has 1 N–H and O–H groups in total. The van der Waals surface area contributed by atoms with Gasteiger partial charge in [0.1, 0.15) is 17.2 Å². The summed E-state index contributed by atoms with van der Waals surface area (Å²) in [6, 6.07) is 6.98. The smallest absolute Gasteiger partial charge is 0.123 e. The van der Waals surface area contributed by atoms with Crippen LogP contribution in [0.1, 0.15) is 12.6 Å². The Morgan fingerprint density at radius 3 is 2.45 bits per heavy atom. The molecule has 0 unspecified atom stereocenters. The molecule has 0 fully saturated rings. The SMILES string of the molecule is COc1ccnc(-c2cc(OC)cc(/C(C)=N\O)n2)c1. The zero-order valence-corrected chi connectivity index (χ0v) is 11.5. The normalized spacial score (nSPS) is 11.2. The molecule has 20 heavy (non-hydrogen) atoms. The van der Waals surface area contributed by atoms with Crippen LogP contribution < -0.4 is 9.47 Å². The first kappa shape index (κ1) is 13.8. The fraction of sp³-hybridized carbons (Fsp3) is 0.214. The number of oxime groups is 1. The van der Waals surface area contributed by atoms with Crippen molar-refractivity contribution in [1.29, 1.82) is 0 Å². The molecule has 0 aliphatic rings. The first-order valence-corrected chi connectivity index (χ1v) is 5.93. The van der Waals surface area contributed by atoms with Gasteiger partial charge in [0.2, 0.25) is 0 Å². The average Bonchev–Trinajstić information content (AvgIpc) is 2.53. The van der Waals surface area contributed by atoms with Crippen molar-refractivity contribution in [2.24, 2.45) is 5.16 Å². The van der Waals surface area contributed by atoms with E-state index in [4.69, 9.17) is 14.7 Å². The Hall–Kier alpha value is -2.63. The maximum atomic E-state index is 8.87. The lowest BCUT2D eigenvalue weighted by Gasteiger charge is -2.08. The Kier molecular flexibility index (Phi) is 4.14. The van der Waals surface area contributed by atoms with Crippen molar-refractivity contribution < 1.29 is 14.7 Å². The highest BCUT2D eigenvalue weighted by Crippen LogP contribution is 2.24. The fourth-order valence-electron chi connectivity index (χ4n) is 1.67. The Morgan fingerprint density at radius 2 is 1.80 bits per heavy atom. The van der Waals surface area contributed by atoms with Gasteiger partial charge in [-0.05, 0) is 13.0 Å². The molecule has 0 spiro atoms. The molecular formula is C14H15N3O3. The highest BCUT2D eigenvalue weighted by molar-refractivity contribution is 5.97. The minimum absolute atomic E-state index is 0.396. The topological polar surface area (TPSA) is 76.8 Å². The van der Waals surface area contributed by atoms with Crippen LogP contribution in [0.5, 0.6) is 11.5 Å². The molecule has 0 bridgehead atoms. The third-order valence-electron chi connectivity index (χ3n) is 2.78. The summed E-state index contributed by atoms with van der Waals surface area (Å²) >= 11 is 0. The van der Waals surface area contributed by atoms with Crippen LogP contribution in [-0.2, 0) is 0 Å². The quantitative estimate of drug-likeness (QED) is 0.525. The number of ether oxygens (including phenoxy) is 2. The molecule has 104 valence electrons.